The van der Waals surface area contributed by atoms with Crippen molar-refractivity contribution in [2.24, 2.45) is 5.92 Å². The number of hydrogen-bond donors (Lipinski definition) is 2. The van der Waals surface area contributed by atoms with Crippen molar-refractivity contribution in [1.29, 1.82) is 0 Å². The summed E-state index contributed by atoms with van der Waals surface area (Å²) in [6, 6.07) is 6.99. The molecule has 0 heterocycles. The second-order valence-electron chi connectivity index (χ2n) is 4.67. The molecule has 0 aliphatic rings. The van der Waals surface area contributed by atoms with Gasteiger partial charge in [-0.25, -0.2) is 13.1 Å². The van der Waals surface area contributed by atoms with Gasteiger partial charge in [0, 0.05) is 13.1 Å². The zero-order valence-electron chi connectivity index (χ0n) is 11.2. The van der Waals surface area contributed by atoms with E-state index in [1.165, 1.54) is 0 Å². The number of rotatable bonds is 7. The van der Waals surface area contributed by atoms with Gasteiger partial charge in [-0.15, -0.1) is 0 Å². The summed E-state index contributed by atoms with van der Waals surface area (Å²) < 4.78 is 27.0. The summed E-state index contributed by atoms with van der Waals surface area (Å²) in [6.45, 7) is 7.20. The number of anilines is 1. The van der Waals surface area contributed by atoms with Crippen molar-refractivity contribution >= 4 is 15.7 Å². The molecule has 0 fully saturated rings. The van der Waals surface area contributed by atoms with Crippen LogP contribution in [0.2, 0.25) is 0 Å². The third-order valence-corrected chi connectivity index (χ3v) is 3.91. The Morgan fingerprint density at radius 3 is 2.50 bits per heavy atom. The van der Waals surface area contributed by atoms with E-state index in [1.807, 2.05) is 26.8 Å². The van der Waals surface area contributed by atoms with Crippen LogP contribution in [-0.2, 0) is 10.0 Å². The predicted molar refractivity (Wildman–Crippen MR) is 75.2 cm³/mol. The van der Waals surface area contributed by atoms with Gasteiger partial charge in [-0.05, 0) is 24.5 Å². The number of para-hydroxylation sites is 1. The Hall–Kier alpha value is -1.07. The van der Waals surface area contributed by atoms with Gasteiger partial charge in [0.25, 0.3) is 0 Å². The van der Waals surface area contributed by atoms with E-state index in [4.69, 9.17) is 0 Å². The number of hydrogen-bond acceptors (Lipinski definition) is 3. The fraction of sp³-hybridized carbons (Fsp3) is 0.538. The van der Waals surface area contributed by atoms with Gasteiger partial charge in [-0.1, -0.05) is 32.9 Å². The summed E-state index contributed by atoms with van der Waals surface area (Å²) in [7, 11) is -3.43. The van der Waals surface area contributed by atoms with Crippen LogP contribution in [0.4, 0.5) is 5.69 Å². The van der Waals surface area contributed by atoms with Crippen molar-refractivity contribution < 1.29 is 8.42 Å². The van der Waals surface area contributed by atoms with Gasteiger partial charge in [0.1, 0.15) is 4.90 Å². The summed E-state index contributed by atoms with van der Waals surface area (Å²) in [6.07, 6.45) is 0.952. The van der Waals surface area contributed by atoms with E-state index in [-0.39, 0.29) is 5.92 Å². The lowest BCUT2D eigenvalue weighted by Crippen LogP contribution is -2.28. The molecular formula is C13H22N2O2S. The zero-order chi connectivity index (χ0) is 13.6. The second kappa shape index (κ2) is 6.75. The van der Waals surface area contributed by atoms with E-state index in [0.29, 0.717) is 17.1 Å². The molecule has 18 heavy (non-hydrogen) atoms. The van der Waals surface area contributed by atoms with E-state index >= 15 is 0 Å². The Balaban J connectivity index is 2.93. The Morgan fingerprint density at radius 1 is 1.22 bits per heavy atom. The molecule has 4 nitrogen and oxygen atoms in total. The first-order valence-electron chi connectivity index (χ1n) is 6.30. The lowest BCUT2D eigenvalue weighted by atomic mass is 10.2. The van der Waals surface area contributed by atoms with Crippen molar-refractivity contribution in [3.05, 3.63) is 24.3 Å². The fourth-order valence-corrected chi connectivity index (χ4v) is 2.86. The van der Waals surface area contributed by atoms with Gasteiger partial charge in [0.15, 0.2) is 0 Å². The van der Waals surface area contributed by atoms with Crippen molar-refractivity contribution in [1.82, 2.24) is 4.72 Å². The topological polar surface area (TPSA) is 58.2 Å². The van der Waals surface area contributed by atoms with Crippen LogP contribution >= 0.6 is 0 Å². The first-order chi connectivity index (χ1) is 8.47. The first-order valence-corrected chi connectivity index (χ1v) is 7.78. The zero-order valence-corrected chi connectivity index (χ0v) is 12.0. The van der Waals surface area contributed by atoms with Gasteiger partial charge >= 0.3 is 0 Å². The van der Waals surface area contributed by atoms with Crippen LogP contribution in [0.1, 0.15) is 27.2 Å². The average molecular weight is 270 g/mol. The molecule has 0 aliphatic carbocycles. The molecular weight excluding hydrogens is 248 g/mol. The maximum absolute atomic E-state index is 12.2. The highest BCUT2D eigenvalue weighted by molar-refractivity contribution is 7.89. The van der Waals surface area contributed by atoms with Crippen LogP contribution in [0, 0.1) is 5.92 Å². The second-order valence-corrected chi connectivity index (χ2v) is 6.40. The molecule has 2 N–H and O–H groups in total. The number of benzene rings is 1. The monoisotopic (exact) mass is 270 g/mol. The van der Waals surface area contributed by atoms with Crippen LogP contribution in [0.3, 0.4) is 0 Å². The van der Waals surface area contributed by atoms with Crippen molar-refractivity contribution in [3.8, 4) is 0 Å². The Labute approximate surface area is 110 Å². The SMILES string of the molecule is CCCNc1ccccc1S(=O)(=O)NCC(C)C. The third-order valence-electron chi connectivity index (χ3n) is 2.42. The minimum atomic E-state index is -3.43. The van der Waals surface area contributed by atoms with Crippen molar-refractivity contribution in [3.63, 3.8) is 0 Å². The summed E-state index contributed by atoms with van der Waals surface area (Å²) in [5.74, 6) is 0.288. The predicted octanol–water partition coefficient (Wildman–Crippen LogP) is 2.44. The van der Waals surface area contributed by atoms with Crippen molar-refractivity contribution in [2.45, 2.75) is 32.1 Å². The smallest absolute Gasteiger partial charge is 0.242 e. The number of nitrogens with one attached hydrogen (secondary N) is 2. The van der Waals surface area contributed by atoms with Crippen molar-refractivity contribution in [2.75, 3.05) is 18.4 Å². The van der Waals surface area contributed by atoms with Crippen LogP contribution in [0.25, 0.3) is 0 Å². The fourth-order valence-electron chi connectivity index (χ4n) is 1.46. The molecule has 0 saturated heterocycles. The highest BCUT2D eigenvalue weighted by Gasteiger charge is 2.17. The molecule has 0 saturated carbocycles. The van der Waals surface area contributed by atoms with Gasteiger partial charge < -0.3 is 5.32 Å². The molecule has 1 aromatic carbocycles. The van der Waals surface area contributed by atoms with E-state index in [1.54, 1.807) is 18.2 Å². The molecule has 0 aliphatic heterocycles. The quantitative estimate of drug-likeness (QED) is 0.800. The Morgan fingerprint density at radius 2 is 1.89 bits per heavy atom. The molecule has 0 spiro atoms. The van der Waals surface area contributed by atoms with E-state index < -0.39 is 10.0 Å². The van der Waals surface area contributed by atoms with Crippen LogP contribution in [0.5, 0.6) is 0 Å². The lowest BCUT2D eigenvalue weighted by molar-refractivity contribution is 0.560. The van der Waals surface area contributed by atoms with Crippen LogP contribution < -0.4 is 10.0 Å². The molecule has 5 heteroatoms. The third kappa shape index (κ3) is 4.31. The molecule has 0 atom stereocenters. The van der Waals surface area contributed by atoms with Gasteiger partial charge in [0.05, 0.1) is 5.69 Å². The standard InChI is InChI=1S/C13H22N2O2S/c1-4-9-14-12-7-5-6-8-13(12)18(16,17)15-10-11(2)3/h5-8,11,14-15H,4,9-10H2,1-3H3. The molecule has 0 radical (unpaired) electrons. The minimum absolute atomic E-state index is 0.288. The van der Waals surface area contributed by atoms with Gasteiger partial charge in [-0.3, -0.25) is 0 Å². The summed E-state index contributed by atoms with van der Waals surface area (Å²) in [5.41, 5.74) is 0.663. The largest absolute Gasteiger partial charge is 0.384 e. The molecule has 0 amide bonds. The van der Waals surface area contributed by atoms with Gasteiger partial charge in [0.2, 0.25) is 10.0 Å². The maximum atomic E-state index is 12.2. The highest BCUT2D eigenvalue weighted by atomic mass is 32.2. The lowest BCUT2D eigenvalue weighted by Gasteiger charge is -2.13. The van der Waals surface area contributed by atoms with Gasteiger partial charge in [-0.2, -0.15) is 0 Å². The molecule has 0 unspecified atom stereocenters. The number of sulfonamides is 1. The summed E-state index contributed by atoms with van der Waals surface area (Å²) >= 11 is 0. The minimum Gasteiger partial charge on any atom is -0.384 e. The van der Waals surface area contributed by atoms with Crippen LogP contribution in [-0.4, -0.2) is 21.5 Å². The summed E-state index contributed by atoms with van der Waals surface area (Å²) in [4.78, 5) is 0.319. The highest BCUT2D eigenvalue weighted by Crippen LogP contribution is 2.20. The summed E-state index contributed by atoms with van der Waals surface area (Å²) in [5, 5.41) is 3.14. The normalized spacial score (nSPS) is 11.8. The molecule has 1 rings (SSSR count). The van der Waals surface area contributed by atoms with E-state index in [0.717, 1.165) is 13.0 Å². The molecule has 0 aromatic heterocycles. The van der Waals surface area contributed by atoms with Crippen LogP contribution in [0.15, 0.2) is 29.2 Å². The Kier molecular flexibility index (Phi) is 5.62. The molecule has 1 aromatic rings. The molecule has 0 bridgehead atoms. The maximum Gasteiger partial charge on any atom is 0.242 e. The van der Waals surface area contributed by atoms with E-state index in [2.05, 4.69) is 10.0 Å². The van der Waals surface area contributed by atoms with E-state index in [9.17, 15) is 8.42 Å². The Bertz CT molecular complexity index is 470. The molecule has 102 valence electrons. The first kappa shape index (κ1) is 15.0. The average Bonchev–Trinajstić information content (AvgIpc) is 2.34.